The van der Waals surface area contributed by atoms with Gasteiger partial charge in [-0.25, -0.2) is 4.39 Å². The number of hydrogen-bond acceptors (Lipinski definition) is 3. The van der Waals surface area contributed by atoms with Gasteiger partial charge in [0.2, 0.25) is 0 Å². The van der Waals surface area contributed by atoms with Crippen molar-refractivity contribution in [3.8, 4) is 5.75 Å². The molecule has 1 aromatic carbocycles. The molecule has 4 heteroatoms. The van der Waals surface area contributed by atoms with E-state index in [1.807, 2.05) is 20.0 Å². The van der Waals surface area contributed by atoms with Crippen LogP contribution in [-0.4, -0.2) is 7.05 Å². The summed E-state index contributed by atoms with van der Waals surface area (Å²) in [7, 11) is 1.87. The van der Waals surface area contributed by atoms with E-state index in [0.717, 1.165) is 17.1 Å². The van der Waals surface area contributed by atoms with E-state index >= 15 is 0 Å². The van der Waals surface area contributed by atoms with Gasteiger partial charge in [-0.1, -0.05) is 0 Å². The van der Waals surface area contributed by atoms with E-state index in [-0.39, 0.29) is 5.82 Å². The average molecular weight is 249 g/mol. The standard InChI is InChI=1S/C14H16FNO2/c1-10-7-13(18-14(10)8-16-2)9-17-12-5-3-11(15)4-6-12/h3-7,16H,8-9H2,1-2H3. The van der Waals surface area contributed by atoms with Crippen molar-refractivity contribution in [2.45, 2.75) is 20.1 Å². The first-order valence-electron chi connectivity index (χ1n) is 5.80. The number of hydrogen-bond donors (Lipinski definition) is 1. The van der Waals surface area contributed by atoms with Crippen LogP contribution in [0.25, 0.3) is 0 Å². The largest absolute Gasteiger partial charge is 0.486 e. The Labute approximate surface area is 106 Å². The molecule has 0 amide bonds. The normalized spacial score (nSPS) is 10.6. The van der Waals surface area contributed by atoms with Gasteiger partial charge in [0.15, 0.2) is 0 Å². The quantitative estimate of drug-likeness (QED) is 0.884. The molecule has 1 N–H and O–H groups in total. The minimum absolute atomic E-state index is 0.271. The third-order valence-corrected chi connectivity index (χ3v) is 2.60. The van der Waals surface area contributed by atoms with E-state index in [2.05, 4.69) is 5.32 Å². The predicted molar refractivity (Wildman–Crippen MR) is 66.9 cm³/mol. The summed E-state index contributed by atoms with van der Waals surface area (Å²) in [4.78, 5) is 0. The molecule has 0 saturated heterocycles. The fourth-order valence-electron chi connectivity index (χ4n) is 1.68. The molecule has 0 bridgehead atoms. The number of rotatable bonds is 5. The molecule has 3 nitrogen and oxygen atoms in total. The molecule has 96 valence electrons. The number of nitrogens with one attached hydrogen (secondary N) is 1. The molecule has 0 unspecified atom stereocenters. The van der Waals surface area contributed by atoms with Crippen molar-refractivity contribution in [3.63, 3.8) is 0 Å². The summed E-state index contributed by atoms with van der Waals surface area (Å²) < 4.78 is 23.9. The summed E-state index contributed by atoms with van der Waals surface area (Å²) in [6, 6.07) is 7.89. The van der Waals surface area contributed by atoms with Crippen molar-refractivity contribution in [2.24, 2.45) is 0 Å². The van der Waals surface area contributed by atoms with Gasteiger partial charge in [-0.05, 0) is 49.9 Å². The SMILES string of the molecule is CNCc1oc(COc2ccc(F)cc2)cc1C. The monoisotopic (exact) mass is 249 g/mol. The molecule has 0 fully saturated rings. The maximum absolute atomic E-state index is 12.7. The van der Waals surface area contributed by atoms with Gasteiger partial charge in [0.05, 0.1) is 6.54 Å². The summed E-state index contributed by atoms with van der Waals surface area (Å²) in [5, 5.41) is 3.04. The van der Waals surface area contributed by atoms with Crippen molar-refractivity contribution in [1.29, 1.82) is 0 Å². The number of furan rings is 1. The van der Waals surface area contributed by atoms with Crippen molar-refractivity contribution < 1.29 is 13.5 Å². The fraction of sp³-hybridized carbons (Fsp3) is 0.286. The van der Waals surface area contributed by atoms with Crippen LogP contribution >= 0.6 is 0 Å². The van der Waals surface area contributed by atoms with Gasteiger partial charge in [0.1, 0.15) is 29.7 Å². The maximum Gasteiger partial charge on any atom is 0.146 e. The Morgan fingerprint density at radius 1 is 1.28 bits per heavy atom. The second-order valence-electron chi connectivity index (χ2n) is 4.09. The second kappa shape index (κ2) is 5.69. The Morgan fingerprint density at radius 3 is 2.67 bits per heavy atom. The van der Waals surface area contributed by atoms with Crippen molar-refractivity contribution in [2.75, 3.05) is 7.05 Å². The first-order chi connectivity index (χ1) is 8.69. The lowest BCUT2D eigenvalue weighted by Crippen LogP contribution is -2.04. The van der Waals surface area contributed by atoms with E-state index < -0.39 is 0 Å². The zero-order valence-electron chi connectivity index (χ0n) is 10.5. The zero-order valence-corrected chi connectivity index (χ0v) is 10.5. The first-order valence-corrected chi connectivity index (χ1v) is 5.80. The van der Waals surface area contributed by atoms with Crippen LogP contribution in [0.15, 0.2) is 34.7 Å². The highest BCUT2D eigenvalue weighted by Gasteiger charge is 2.07. The molecule has 18 heavy (non-hydrogen) atoms. The summed E-state index contributed by atoms with van der Waals surface area (Å²) in [6.07, 6.45) is 0. The summed E-state index contributed by atoms with van der Waals surface area (Å²) >= 11 is 0. The molecule has 0 saturated carbocycles. The molecule has 0 aliphatic rings. The van der Waals surface area contributed by atoms with E-state index in [4.69, 9.17) is 9.15 Å². The molecule has 0 atom stereocenters. The van der Waals surface area contributed by atoms with E-state index in [1.165, 1.54) is 12.1 Å². The smallest absolute Gasteiger partial charge is 0.146 e. The van der Waals surface area contributed by atoms with Gasteiger partial charge in [-0.2, -0.15) is 0 Å². The summed E-state index contributed by atoms with van der Waals surface area (Å²) in [6.45, 7) is 3.04. The van der Waals surface area contributed by atoms with Gasteiger partial charge in [-0.3, -0.25) is 0 Å². The molecule has 0 radical (unpaired) electrons. The van der Waals surface area contributed by atoms with Crippen molar-refractivity contribution in [3.05, 3.63) is 53.2 Å². The fourth-order valence-corrected chi connectivity index (χ4v) is 1.68. The van der Waals surface area contributed by atoms with Gasteiger partial charge in [0, 0.05) is 0 Å². The average Bonchev–Trinajstić information content (AvgIpc) is 2.70. The lowest BCUT2D eigenvalue weighted by Gasteiger charge is -2.03. The molecule has 0 aliphatic carbocycles. The van der Waals surface area contributed by atoms with Gasteiger partial charge < -0.3 is 14.5 Å². The van der Waals surface area contributed by atoms with E-state index in [1.54, 1.807) is 12.1 Å². The Kier molecular flexibility index (Phi) is 3.99. The van der Waals surface area contributed by atoms with Gasteiger partial charge in [-0.15, -0.1) is 0 Å². The highest BCUT2D eigenvalue weighted by Crippen LogP contribution is 2.17. The van der Waals surface area contributed by atoms with Crippen LogP contribution < -0.4 is 10.1 Å². The third-order valence-electron chi connectivity index (χ3n) is 2.60. The van der Waals surface area contributed by atoms with E-state index in [9.17, 15) is 4.39 Å². The first kappa shape index (κ1) is 12.6. The Hall–Kier alpha value is -1.81. The van der Waals surface area contributed by atoms with Crippen LogP contribution in [0, 0.1) is 12.7 Å². The lowest BCUT2D eigenvalue weighted by molar-refractivity contribution is 0.265. The molecule has 1 heterocycles. The highest BCUT2D eigenvalue weighted by atomic mass is 19.1. The van der Waals surface area contributed by atoms with E-state index in [0.29, 0.717) is 18.9 Å². The number of aryl methyl sites for hydroxylation is 1. The number of ether oxygens (including phenoxy) is 1. The summed E-state index contributed by atoms with van der Waals surface area (Å²) in [5.74, 6) is 2.03. The van der Waals surface area contributed by atoms with Gasteiger partial charge in [0.25, 0.3) is 0 Å². The summed E-state index contributed by atoms with van der Waals surface area (Å²) in [5.41, 5.74) is 1.10. The maximum atomic E-state index is 12.7. The molecule has 2 rings (SSSR count). The Balaban J connectivity index is 1.97. The highest BCUT2D eigenvalue weighted by molar-refractivity contribution is 5.23. The van der Waals surface area contributed by atoms with Crippen LogP contribution in [0.3, 0.4) is 0 Å². The molecular formula is C14H16FNO2. The predicted octanol–water partition coefficient (Wildman–Crippen LogP) is 3.03. The van der Waals surface area contributed by atoms with Crippen LogP contribution in [0.1, 0.15) is 17.1 Å². The molecule has 0 aliphatic heterocycles. The lowest BCUT2D eigenvalue weighted by atomic mass is 10.2. The molecule has 1 aromatic heterocycles. The topological polar surface area (TPSA) is 34.4 Å². The minimum Gasteiger partial charge on any atom is -0.486 e. The van der Waals surface area contributed by atoms with Gasteiger partial charge >= 0.3 is 0 Å². The van der Waals surface area contributed by atoms with Crippen molar-refractivity contribution >= 4 is 0 Å². The van der Waals surface area contributed by atoms with Crippen LogP contribution in [0.4, 0.5) is 4.39 Å². The van der Waals surface area contributed by atoms with Crippen molar-refractivity contribution in [1.82, 2.24) is 5.32 Å². The second-order valence-corrected chi connectivity index (χ2v) is 4.09. The zero-order chi connectivity index (χ0) is 13.0. The van der Waals surface area contributed by atoms with Crippen LogP contribution in [0.5, 0.6) is 5.75 Å². The molecule has 0 spiro atoms. The van der Waals surface area contributed by atoms with Crippen LogP contribution in [-0.2, 0) is 13.2 Å². The third kappa shape index (κ3) is 3.11. The molecule has 2 aromatic rings. The Morgan fingerprint density at radius 2 is 2.00 bits per heavy atom. The molecular weight excluding hydrogens is 233 g/mol. The van der Waals surface area contributed by atoms with Crippen LogP contribution in [0.2, 0.25) is 0 Å². The number of benzene rings is 1. The number of halogens is 1. The Bertz CT molecular complexity index is 505. The minimum atomic E-state index is -0.271.